The zero-order valence-electron chi connectivity index (χ0n) is 17.4. The molecule has 0 amide bonds. The minimum atomic E-state index is -2.25. The van der Waals surface area contributed by atoms with Gasteiger partial charge in [-0.15, -0.1) is 0 Å². The molecule has 1 saturated carbocycles. The minimum Gasteiger partial charge on any atom is -0.472 e. The number of ketones is 1. The highest BCUT2D eigenvalue weighted by Gasteiger charge is 2.77. The van der Waals surface area contributed by atoms with Crippen LogP contribution in [0.4, 0.5) is 0 Å². The molecule has 0 radical (unpaired) electrons. The predicted molar refractivity (Wildman–Crippen MR) is 116 cm³/mol. The lowest BCUT2D eigenvalue weighted by atomic mass is 9.75. The molecule has 1 aliphatic heterocycles. The number of ether oxygens (including phenoxy) is 2. The van der Waals surface area contributed by atoms with Crippen molar-refractivity contribution in [1.82, 2.24) is 4.98 Å². The molecule has 2 aromatic carbocycles. The van der Waals surface area contributed by atoms with Gasteiger partial charge in [0.15, 0.2) is 5.60 Å². The Morgan fingerprint density at radius 3 is 2.50 bits per heavy atom. The number of methoxy groups -OCH3 is 1. The van der Waals surface area contributed by atoms with Crippen LogP contribution in [-0.4, -0.2) is 29.0 Å². The maximum Gasteiger partial charge on any atom is 0.313 e. The van der Waals surface area contributed by atoms with E-state index in [9.17, 15) is 14.7 Å². The van der Waals surface area contributed by atoms with Crippen molar-refractivity contribution in [2.24, 2.45) is 5.92 Å². The molecular weight excluding hydrogens is 430 g/mol. The molecule has 0 saturated heterocycles. The van der Waals surface area contributed by atoms with Gasteiger partial charge in [0.1, 0.15) is 17.4 Å². The third-order valence-corrected chi connectivity index (χ3v) is 6.66. The highest BCUT2D eigenvalue weighted by atomic mass is 35.5. The molecule has 0 spiro atoms. The summed E-state index contributed by atoms with van der Waals surface area (Å²) in [6, 6.07) is 17.9. The number of fused-ring (bicyclic) bond motifs is 4. The largest absolute Gasteiger partial charge is 0.472 e. The van der Waals surface area contributed by atoms with E-state index in [4.69, 9.17) is 21.1 Å². The Kier molecular flexibility index (Phi) is 4.62. The third kappa shape index (κ3) is 2.60. The van der Waals surface area contributed by atoms with Crippen molar-refractivity contribution in [3.05, 3.63) is 94.3 Å². The van der Waals surface area contributed by atoms with Crippen molar-refractivity contribution in [1.29, 1.82) is 0 Å². The summed E-state index contributed by atoms with van der Waals surface area (Å²) in [6.07, 6.45) is 1.32. The van der Waals surface area contributed by atoms with E-state index in [0.717, 1.165) is 5.56 Å². The number of hydrogen-bond donors (Lipinski definition) is 1. The standard InChI is InChI=1S/C25H20ClNO5/c1-14-8-10-16(11-9-14)25-19(15-6-4-3-5-7-15)20(22(28)31-2)24(30,23(25)29)21-18(32-25)12-17(26)13-27-21/h3-13,19-20,30H,1-2H3/t19?,20-,24+,25-/m0/s1. The Balaban J connectivity index is 1.89. The molecule has 7 heteroatoms. The third-order valence-electron chi connectivity index (χ3n) is 6.45. The van der Waals surface area contributed by atoms with Crippen LogP contribution in [0.15, 0.2) is 66.9 Å². The summed E-state index contributed by atoms with van der Waals surface area (Å²) in [5, 5.41) is 12.3. The average Bonchev–Trinajstić information content (AvgIpc) is 2.93. The highest BCUT2D eigenvalue weighted by molar-refractivity contribution is 6.30. The van der Waals surface area contributed by atoms with Crippen LogP contribution in [0.3, 0.4) is 0 Å². The first-order valence-corrected chi connectivity index (χ1v) is 10.5. The van der Waals surface area contributed by atoms with Gasteiger partial charge in [-0.3, -0.25) is 14.6 Å². The maximum atomic E-state index is 14.1. The van der Waals surface area contributed by atoms with E-state index in [1.165, 1.54) is 19.4 Å². The number of benzene rings is 2. The summed E-state index contributed by atoms with van der Waals surface area (Å²) in [5.41, 5.74) is -1.79. The molecule has 3 aromatic rings. The molecule has 5 rings (SSSR count). The van der Waals surface area contributed by atoms with E-state index in [1.54, 1.807) is 12.1 Å². The van der Waals surface area contributed by atoms with Gasteiger partial charge in [0.25, 0.3) is 0 Å². The monoisotopic (exact) mass is 449 g/mol. The fourth-order valence-electron chi connectivity index (χ4n) is 5.06. The molecule has 2 heterocycles. The Labute approximate surface area is 189 Å². The van der Waals surface area contributed by atoms with E-state index < -0.39 is 34.8 Å². The number of nitrogens with zero attached hydrogens (tertiary/aromatic N) is 1. The summed E-state index contributed by atoms with van der Waals surface area (Å²) >= 11 is 6.17. The van der Waals surface area contributed by atoms with E-state index >= 15 is 0 Å². The fraction of sp³-hybridized carbons (Fsp3) is 0.240. The molecule has 162 valence electrons. The summed E-state index contributed by atoms with van der Waals surface area (Å²) in [4.78, 5) is 31.5. The molecule has 4 atom stereocenters. The Bertz CT molecular complexity index is 1230. The van der Waals surface area contributed by atoms with Gasteiger partial charge >= 0.3 is 5.97 Å². The van der Waals surface area contributed by atoms with Crippen molar-refractivity contribution in [2.75, 3.05) is 7.11 Å². The summed E-state index contributed by atoms with van der Waals surface area (Å²) in [5.74, 6) is -3.37. The summed E-state index contributed by atoms with van der Waals surface area (Å²) in [6.45, 7) is 1.93. The summed E-state index contributed by atoms with van der Waals surface area (Å²) in [7, 11) is 1.23. The number of halogens is 1. The van der Waals surface area contributed by atoms with Crippen LogP contribution in [-0.2, 0) is 25.5 Å². The number of carbonyl (C=O) groups excluding carboxylic acids is 2. The number of carbonyl (C=O) groups is 2. The molecule has 32 heavy (non-hydrogen) atoms. The van der Waals surface area contributed by atoms with Gasteiger partial charge in [-0.1, -0.05) is 71.8 Å². The lowest BCUT2D eigenvalue weighted by molar-refractivity contribution is -0.163. The zero-order valence-corrected chi connectivity index (χ0v) is 18.2. The fourth-order valence-corrected chi connectivity index (χ4v) is 5.20. The van der Waals surface area contributed by atoms with E-state index in [1.807, 2.05) is 49.4 Å². The molecular formula is C25H20ClNO5. The van der Waals surface area contributed by atoms with E-state index in [0.29, 0.717) is 11.1 Å². The van der Waals surface area contributed by atoms with Crippen LogP contribution >= 0.6 is 11.6 Å². The van der Waals surface area contributed by atoms with Crippen LogP contribution < -0.4 is 4.74 Å². The lowest BCUT2D eigenvalue weighted by Gasteiger charge is -2.38. The predicted octanol–water partition coefficient (Wildman–Crippen LogP) is 3.67. The van der Waals surface area contributed by atoms with Crippen LogP contribution in [0.25, 0.3) is 0 Å². The lowest BCUT2D eigenvalue weighted by Crippen LogP contribution is -2.51. The van der Waals surface area contributed by atoms with Crippen molar-refractivity contribution < 1.29 is 24.2 Å². The maximum absolute atomic E-state index is 14.1. The smallest absolute Gasteiger partial charge is 0.313 e. The van der Waals surface area contributed by atoms with Gasteiger partial charge in [-0.25, -0.2) is 0 Å². The second-order valence-corrected chi connectivity index (χ2v) is 8.63. The Hall–Kier alpha value is -3.22. The molecule has 1 fully saturated rings. The molecule has 1 aliphatic carbocycles. The first-order valence-electron chi connectivity index (χ1n) is 10.2. The zero-order chi connectivity index (χ0) is 22.7. The number of Topliss-reactive ketones (excluding diaryl/α,β-unsaturated/α-hetero) is 1. The van der Waals surface area contributed by atoms with Gasteiger partial charge in [-0.2, -0.15) is 0 Å². The Morgan fingerprint density at radius 2 is 1.84 bits per heavy atom. The number of esters is 1. The van der Waals surface area contributed by atoms with Crippen molar-refractivity contribution in [3.8, 4) is 5.75 Å². The SMILES string of the molecule is COC(=O)[C@@H]1C(c2ccccc2)[C@]2(c3ccc(C)cc3)Oc3cc(Cl)cnc3[C@@]1(O)C2=O. The normalized spacial score (nSPS) is 28.1. The highest BCUT2D eigenvalue weighted by Crippen LogP contribution is 2.64. The van der Waals surface area contributed by atoms with Crippen LogP contribution in [0, 0.1) is 12.8 Å². The Morgan fingerprint density at radius 1 is 1.16 bits per heavy atom. The number of rotatable bonds is 3. The van der Waals surface area contributed by atoms with Crippen molar-refractivity contribution in [2.45, 2.75) is 24.0 Å². The quantitative estimate of drug-likeness (QED) is 0.614. The number of aliphatic hydroxyl groups is 1. The van der Waals surface area contributed by atoms with Crippen LogP contribution in [0.2, 0.25) is 5.02 Å². The number of aromatic nitrogens is 1. The first-order chi connectivity index (χ1) is 15.3. The first kappa shape index (κ1) is 20.7. The summed E-state index contributed by atoms with van der Waals surface area (Å²) < 4.78 is 11.5. The van der Waals surface area contributed by atoms with Crippen molar-refractivity contribution >= 4 is 23.4 Å². The number of aryl methyl sites for hydroxylation is 1. The van der Waals surface area contributed by atoms with Crippen LogP contribution in [0.5, 0.6) is 5.75 Å². The van der Waals surface area contributed by atoms with Gasteiger partial charge in [0, 0.05) is 17.8 Å². The van der Waals surface area contributed by atoms with Gasteiger partial charge < -0.3 is 14.6 Å². The molecule has 1 aromatic heterocycles. The molecule has 2 bridgehead atoms. The minimum absolute atomic E-state index is 0.0385. The average molecular weight is 450 g/mol. The topological polar surface area (TPSA) is 85.7 Å². The molecule has 1 unspecified atom stereocenters. The van der Waals surface area contributed by atoms with Gasteiger partial charge in [0.05, 0.1) is 18.1 Å². The second-order valence-electron chi connectivity index (χ2n) is 8.19. The van der Waals surface area contributed by atoms with E-state index in [-0.39, 0.29) is 16.5 Å². The number of pyridine rings is 1. The van der Waals surface area contributed by atoms with Gasteiger partial charge in [-0.05, 0) is 12.5 Å². The second kappa shape index (κ2) is 7.15. The molecule has 2 aliphatic rings. The van der Waals surface area contributed by atoms with Crippen molar-refractivity contribution in [3.63, 3.8) is 0 Å². The van der Waals surface area contributed by atoms with Gasteiger partial charge in [0.2, 0.25) is 11.4 Å². The molecule has 1 N–H and O–H groups in total. The molecule has 6 nitrogen and oxygen atoms in total. The van der Waals surface area contributed by atoms with Crippen LogP contribution in [0.1, 0.15) is 28.3 Å². The van der Waals surface area contributed by atoms with E-state index in [2.05, 4.69) is 4.98 Å². The number of hydrogen-bond acceptors (Lipinski definition) is 6.